The van der Waals surface area contributed by atoms with Crippen LogP contribution < -0.4 is 9.47 Å². The summed E-state index contributed by atoms with van der Waals surface area (Å²) < 4.78 is 12.5. The van der Waals surface area contributed by atoms with Crippen LogP contribution in [0.4, 0.5) is 11.4 Å². The van der Waals surface area contributed by atoms with E-state index in [-0.39, 0.29) is 23.6 Å². The summed E-state index contributed by atoms with van der Waals surface area (Å²) in [5.74, 6) is 0.879. The van der Waals surface area contributed by atoms with E-state index in [1.54, 1.807) is 24.3 Å². The van der Waals surface area contributed by atoms with Crippen LogP contribution in [0.15, 0.2) is 36.4 Å². The maximum absolute atomic E-state index is 11.0. The van der Waals surface area contributed by atoms with Crippen LogP contribution in [0.3, 0.4) is 0 Å². The molecule has 144 valence electrons. The van der Waals surface area contributed by atoms with E-state index in [1.165, 1.54) is 12.1 Å². The molecule has 0 saturated carbocycles. The van der Waals surface area contributed by atoms with E-state index in [1.807, 2.05) is 59.0 Å². The highest BCUT2D eigenvalue weighted by Gasteiger charge is 2.21. The number of ether oxygens (including phenoxy) is 2. The smallest absolute Gasteiger partial charge is 0.286 e. The number of hydrogen-bond donors (Lipinski definition) is 0. The van der Waals surface area contributed by atoms with Crippen molar-refractivity contribution in [3.8, 4) is 11.5 Å². The highest BCUT2D eigenvalue weighted by molar-refractivity contribution is 14.1. The highest BCUT2D eigenvalue weighted by Crippen LogP contribution is 2.32. The van der Waals surface area contributed by atoms with Crippen LogP contribution >= 0.6 is 45.2 Å². The molecule has 0 aliphatic carbocycles. The van der Waals surface area contributed by atoms with Crippen molar-refractivity contribution in [1.29, 1.82) is 0 Å². The van der Waals surface area contributed by atoms with Gasteiger partial charge in [0.2, 0.25) is 0 Å². The molecule has 0 aliphatic rings. The van der Waals surface area contributed by atoms with Gasteiger partial charge in [-0.1, -0.05) is 12.1 Å². The number of nitro groups is 2. The fraction of sp³-hybridized carbons (Fsp3) is 0.294. The van der Waals surface area contributed by atoms with Crippen molar-refractivity contribution < 1.29 is 19.3 Å². The SMILES string of the molecule is C[C@@H](C[C@H](C)Oc1cccc([N+](=O)[O-])c1I)Oc1cccc([N+](=O)[O-])c1I. The Morgan fingerprint density at radius 1 is 0.852 bits per heavy atom. The maximum Gasteiger partial charge on any atom is 0.286 e. The lowest BCUT2D eigenvalue weighted by atomic mass is 10.2. The van der Waals surface area contributed by atoms with Crippen LogP contribution in [-0.4, -0.2) is 22.1 Å². The minimum atomic E-state index is -0.449. The first-order chi connectivity index (χ1) is 12.7. The molecule has 0 aromatic heterocycles. The van der Waals surface area contributed by atoms with Gasteiger partial charge < -0.3 is 9.47 Å². The number of nitrogens with zero attached hydrogens (tertiary/aromatic N) is 2. The Bertz CT molecular complexity index is 792. The lowest BCUT2D eigenvalue weighted by Gasteiger charge is -2.21. The quantitative estimate of drug-likeness (QED) is 0.231. The standard InChI is InChI=1S/C17H16I2N2O6/c1-10(26-14-7-3-5-12(16(14)18)20(22)23)9-11(2)27-15-8-4-6-13(17(15)19)21(24)25/h3-8,10-11H,9H2,1-2H3/t10-,11-/m0/s1. The van der Waals surface area contributed by atoms with Gasteiger partial charge in [-0.2, -0.15) is 0 Å². The van der Waals surface area contributed by atoms with E-state index in [2.05, 4.69) is 0 Å². The summed E-state index contributed by atoms with van der Waals surface area (Å²) in [4.78, 5) is 21.2. The van der Waals surface area contributed by atoms with Gasteiger partial charge in [0, 0.05) is 18.6 Å². The van der Waals surface area contributed by atoms with E-state index in [0.29, 0.717) is 25.1 Å². The average Bonchev–Trinajstić information content (AvgIpc) is 2.58. The summed E-state index contributed by atoms with van der Waals surface area (Å²) in [6.07, 6.45) is -0.0453. The van der Waals surface area contributed by atoms with Gasteiger partial charge in [-0.15, -0.1) is 0 Å². The fourth-order valence-electron chi connectivity index (χ4n) is 2.46. The van der Waals surface area contributed by atoms with Gasteiger partial charge in [0.1, 0.15) is 18.6 Å². The van der Waals surface area contributed by atoms with Crippen molar-refractivity contribution in [1.82, 2.24) is 0 Å². The first-order valence-corrected chi connectivity index (χ1v) is 10.1. The third-order valence-electron chi connectivity index (χ3n) is 3.60. The molecule has 0 amide bonds. The van der Waals surface area contributed by atoms with Gasteiger partial charge in [-0.3, -0.25) is 20.2 Å². The van der Waals surface area contributed by atoms with E-state index in [0.717, 1.165) is 0 Å². The molecule has 8 nitrogen and oxygen atoms in total. The number of halogens is 2. The Labute approximate surface area is 182 Å². The Morgan fingerprint density at radius 2 is 1.22 bits per heavy atom. The summed E-state index contributed by atoms with van der Waals surface area (Å²) in [6.45, 7) is 3.68. The fourth-order valence-corrected chi connectivity index (χ4v) is 3.83. The molecule has 27 heavy (non-hydrogen) atoms. The summed E-state index contributed by atoms with van der Waals surface area (Å²) in [6, 6.07) is 9.37. The Morgan fingerprint density at radius 3 is 1.56 bits per heavy atom. The second kappa shape index (κ2) is 9.48. The molecule has 0 N–H and O–H groups in total. The molecular weight excluding hydrogens is 582 g/mol. The van der Waals surface area contributed by atoms with Gasteiger partial charge >= 0.3 is 0 Å². The van der Waals surface area contributed by atoms with E-state index < -0.39 is 9.85 Å². The predicted molar refractivity (Wildman–Crippen MR) is 116 cm³/mol. The Hall–Kier alpha value is -1.70. The molecule has 0 bridgehead atoms. The molecule has 2 rings (SSSR count). The van der Waals surface area contributed by atoms with Gasteiger partial charge in [0.15, 0.2) is 0 Å². The lowest BCUT2D eigenvalue weighted by Crippen LogP contribution is -2.23. The van der Waals surface area contributed by atoms with Crippen LogP contribution in [0, 0.1) is 27.4 Å². The van der Waals surface area contributed by atoms with Crippen molar-refractivity contribution in [2.75, 3.05) is 0 Å². The van der Waals surface area contributed by atoms with Crippen LogP contribution in [-0.2, 0) is 0 Å². The summed E-state index contributed by atoms with van der Waals surface area (Å²) in [7, 11) is 0. The minimum absolute atomic E-state index is 0.00394. The molecule has 0 radical (unpaired) electrons. The summed E-state index contributed by atoms with van der Waals surface area (Å²) in [5.41, 5.74) is -0.00788. The second-order valence-corrected chi connectivity index (χ2v) is 7.94. The van der Waals surface area contributed by atoms with Crippen molar-refractivity contribution in [3.63, 3.8) is 0 Å². The minimum Gasteiger partial charge on any atom is -0.489 e. The van der Waals surface area contributed by atoms with E-state index in [4.69, 9.17) is 9.47 Å². The lowest BCUT2D eigenvalue weighted by molar-refractivity contribution is -0.386. The molecule has 0 unspecified atom stereocenters. The Balaban J connectivity index is 2.04. The zero-order chi connectivity index (χ0) is 20.1. The molecular formula is C17H16I2N2O6. The van der Waals surface area contributed by atoms with Gasteiger partial charge in [0.05, 0.1) is 22.1 Å². The molecule has 0 aliphatic heterocycles. The van der Waals surface area contributed by atoms with Crippen LogP contribution in [0.1, 0.15) is 20.3 Å². The zero-order valence-corrected chi connectivity index (χ0v) is 18.7. The number of benzene rings is 2. The molecule has 2 atom stereocenters. The van der Waals surface area contributed by atoms with Crippen molar-refractivity contribution >= 4 is 56.6 Å². The number of hydrogen-bond acceptors (Lipinski definition) is 6. The van der Waals surface area contributed by atoms with Gasteiger partial charge in [-0.25, -0.2) is 0 Å². The van der Waals surface area contributed by atoms with Gasteiger partial charge in [0.25, 0.3) is 11.4 Å². The number of rotatable bonds is 8. The molecule has 0 heterocycles. The number of nitro benzene ring substituents is 2. The van der Waals surface area contributed by atoms with Gasteiger partial charge in [-0.05, 0) is 71.2 Å². The van der Waals surface area contributed by atoms with Crippen molar-refractivity contribution in [2.45, 2.75) is 32.5 Å². The van der Waals surface area contributed by atoms with E-state index >= 15 is 0 Å². The predicted octanol–water partition coefficient (Wildman–Crippen LogP) is 5.34. The third kappa shape index (κ3) is 5.64. The summed E-state index contributed by atoms with van der Waals surface area (Å²) >= 11 is 3.79. The molecule has 0 fully saturated rings. The van der Waals surface area contributed by atoms with Crippen molar-refractivity contribution in [2.24, 2.45) is 0 Å². The third-order valence-corrected chi connectivity index (χ3v) is 5.77. The highest BCUT2D eigenvalue weighted by atomic mass is 127. The average molecular weight is 598 g/mol. The molecule has 2 aromatic carbocycles. The normalized spacial score (nSPS) is 12.9. The molecule has 0 spiro atoms. The molecule has 0 saturated heterocycles. The first-order valence-electron chi connectivity index (χ1n) is 7.89. The maximum atomic E-state index is 11.0. The van der Waals surface area contributed by atoms with Crippen LogP contribution in [0.5, 0.6) is 11.5 Å². The van der Waals surface area contributed by atoms with E-state index in [9.17, 15) is 20.2 Å². The largest absolute Gasteiger partial charge is 0.489 e. The zero-order valence-electron chi connectivity index (χ0n) is 14.4. The first kappa shape index (κ1) is 21.6. The monoisotopic (exact) mass is 598 g/mol. The van der Waals surface area contributed by atoms with Crippen molar-refractivity contribution in [3.05, 3.63) is 63.8 Å². The molecule has 10 heteroatoms. The second-order valence-electron chi connectivity index (χ2n) is 5.79. The van der Waals surface area contributed by atoms with Crippen LogP contribution in [0.25, 0.3) is 0 Å². The Kier molecular flexibility index (Phi) is 7.59. The topological polar surface area (TPSA) is 105 Å². The molecule has 2 aromatic rings. The summed E-state index contributed by atoms with van der Waals surface area (Å²) in [5, 5.41) is 22.0. The van der Waals surface area contributed by atoms with Crippen LogP contribution in [0.2, 0.25) is 0 Å².